The molecule has 1 unspecified atom stereocenters. The number of ether oxygens (including phenoxy) is 2. The summed E-state index contributed by atoms with van der Waals surface area (Å²) in [5, 5.41) is 3.58. The first-order valence-corrected chi connectivity index (χ1v) is 10.2. The number of halogens is 2. The Balaban J connectivity index is 1.60. The number of urea groups is 1. The standard InChI is InChI=1S/C21H21Cl2N3O4/c1-29-18-7-12-5-6-26-17(14(12)9-19(18)30-2)10-25(11-20(26)27)21(28)24-16-4-3-13(22)8-15(16)23/h3-4,7-9,17H,5-6,10-11H2,1-2H3,(H,24,28). The Kier molecular flexibility index (Phi) is 5.66. The number of nitrogens with one attached hydrogen (secondary N) is 1. The molecule has 0 spiro atoms. The second-order valence-corrected chi connectivity index (χ2v) is 8.04. The topological polar surface area (TPSA) is 71.1 Å². The minimum Gasteiger partial charge on any atom is -0.493 e. The molecule has 2 aliphatic rings. The number of benzene rings is 2. The van der Waals surface area contributed by atoms with Gasteiger partial charge in [-0.15, -0.1) is 0 Å². The summed E-state index contributed by atoms with van der Waals surface area (Å²) < 4.78 is 10.8. The van der Waals surface area contributed by atoms with Crippen molar-refractivity contribution in [2.45, 2.75) is 12.5 Å². The van der Waals surface area contributed by atoms with Crippen LogP contribution in [0, 0.1) is 0 Å². The highest BCUT2D eigenvalue weighted by atomic mass is 35.5. The van der Waals surface area contributed by atoms with Gasteiger partial charge in [-0.05, 0) is 47.9 Å². The number of hydrogen-bond donors (Lipinski definition) is 1. The lowest BCUT2D eigenvalue weighted by Gasteiger charge is -2.44. The number of anilines is 1. The summed E-state index contributed by atoms with van der Waals surface area (Å²) in [5.74, 6) is 1.16. The van der Waals surface area contributed by atoms with Crippen molar-refractivity contribution in [3.63, 3.8) is 0 Å². The van der Waals surface area contributed by atoms with Crippen LogP contribution in [0.5, 0.6) is 11.5 Å². The minimum atomic E-state index is -0.389. The number of methoxy groups -OCH3 is 2. The van der Waals surface area contributed by atoms with Gasteiger partial charge in [0.05, 0.1) is 31.0 Å². The van der Waals surface area contributed by atoms with Crippen LogP contribution in [0.25, 0.3) is 0 Å². The smallest absolute Gasteiger partial charge is 0.322 e. The number of nitrogens with zero attached hydrogens (tertiary/aromatic N) is 2. The van der Waals surface area contributed by atoms with Gasteiger partial charge in [0.15, 0.2) is 11.5 Å². The van der Waals surface area contributed by atoms with Crippen LogP contribution in [0.2, 0.25) is 10.0 Å². The second kappa shape index (κ2) is 8.24. The normalized spacial score (nSPS) is 17.9. The molecule has 1 N–H and O–H groups in total. The molecule has 2 aliphatic heterocycles. The molecule has 158 valence electrons. The van der Waals surface area contributed by atoms with Gasteiger partial charge < -0.3 is 24.6 Å². The average molecular weight is 450 g/mol. The van der Waals surface area contributed by atoms with Crippen molar-refractivity contribution >= 4 is 40.8 Å². The second-order valence-electron chi connectivity index (χ2n) is 7.19. The Morgan fingerprint density at radius 2 is 1.87 bits per heavy atom. The average Bonchev–Trinajstić information content (AvgIpc) is 2.74. The van der Waals surface area contributed by atoms with Gasteiger partial charge in [0.1, 0.15) is 6.54 Å². The van der Waals surface area contributed by atoms with Crippen molar-refractivity contribution in [2.75, 3.05) is 39.2 Å². The largest absolute Gasteiger partial charge is 0.493 e. The van der Waals surface area contributed by atoms with E-state index in [9.17, 15) is 9.59 Å². The molecule has 2 heterocycles. The lowest BCUT2D eigenvalue weighted by atomic mass is 9.90. The number of hydrogen-bond acceptors (Lipinski definition) is 4. The molecule has 2 aromatic rings. The molecule has 30 heavy (non-hydrogen) atoms. The molecule has 4 rings (SSSR count). The van der Waals surface area contributed by atoms with E-state index in [2.05, 4.69) is 5.32 Å². The Bertz CT molecular complexity index is 1010. The fraction of sp³-hybridized carbons (Fsp3) is 0.333. The van der Waals surface area contributed by atoms with Crippen molar-refractivity contribution < 1.29 is 19.1 Å². The van der Waals surface area contributed by atoms with Crippen LogP contribution in [0.1, 0.15) is 17.2 Å². The number of carbonyl (C=O) groups is 2. The molecular weight excluding hydrogens is 429 g/mol. The van der Waals surface area contributed by atoms with E-state index < -0.39 is 0 Å². The summed E-state index contributed by atoms with van der Waals surface area (Å²) >= 11 is 12.1. The van der Waals surface area contributed by atoms with Crippen molar-refractivity contribution in [3.05, 3.63) is 51.5 Å². The predicted octanol–water partition coefficient (Wildman–Crippen LogP) is 3.98. The Morgan fingerprint density at radius 3 is 2.57 bits per heavy atom. The van der Waals surface area contributed by atoms with Crippen LogP contribution in [0.3, 0.4) is 0 Å². The summed E-state index contributed by atoms with van der Waals surface area (Å²) in [4.78, 5) is 29.0. The first kappa shape index (κ1) is 20.6. The van der Waals surface area contributed by atoms with Crippen LogP contribution < -0.4 is 14.8 Å². The van der Waals surface area contributed by atoms with Crippen LogP contribution >= 0.6 is 23.2 Å². The van der Waals surface area contributed by atoms with Crippen molar-refractivity contribution in [3.8, 4) is 11.5 Å². The van der Waals surface area contributed by atoms with E-state index in [0.29, 0.717) is 40.3 Å². The summed E-state index contributed by atoms with van der Waals surface area (Å²) in [6.45, 7) is 0.978. The van der Waals surface area contributed by atoms with E-state index in [1.165, 1.54) is 4.90 Å². The van der Waals surface area contributed by atoms with Gasteiger partial charge in [0, 0.05) is 18.1 Å². The van der Waals surface area contributed by atoms with Crippen molar-refractivity contribution in [1.29, 1.82) is 0 Å². The van der Waals surface area contributed by atoms with E-state index in [-0.39, 0.29) is 24.5 Å². The number of amides is 3. The molecule has 0 saturated carbocycles. The van der Waals surface area contributed by atoms with Gasteiger partial charge in [-0.1, -0.05) is 23.2 Å². The zero-order valence-electron chi connectivity index (χ0n) is 16.6. The highest BCUT2D eigenvalue weighted by Crippen LogP contribution is 2.39. The van der Waals surface area contributed by atoms with Gasteiger partial charge in [0.25, 0.3) is 0 Å². The minimum absolute atomic E-state index is 0.0101. The SMILES string of the molecule is COc1cc2c(cc1OC)C1CN(C(=O)Nc3ccc(Cl)cc3Cl)CC(=O)N1CC2. The fourth-order valence-electron chi connectivity index (χ4n) is 3.99. The van der Waals surface area contributed by atoms with E-state index in [0.717, 1.165) is 17.5 Å². The molecule has 2 aromatic carbocycles. The molecular formula is C21H21Cl2N3O4. The molecule has 0 aromatic heterocycles. The number of piperazine rings is 1. The van der Waals surface area contributed by atoms with Crippen molar-refractivity contribution in [1.82, 2.24) is 9.80 Å². The van der Waals surface area contributed by atoms with E-state index in [1.54, 1.807) is 32.4 Å². The number of carbonyl (C=O) groups excluding carboxylic acids is 2. The summed E-state index contributed by atoms with van der Waals surface area (Å²) in [5.41, 5.74) is 2.50. The van der Waals surface area contributed by atoms with Crippen LogP contribution in [0.4, 0.5) is 10.5 Å². The van der Waals surface area contributed by atoms with Crippen LogP contribution in [-0.2, 0) is 11.2 Å². The maximum absolute atomic E-state index is 12.9. The third-order valence-electron chi connectivity index (χ3n) is 5.50. The molecule has 1 atom stereocenters. The molecule has 1 fully saturated rings. The predicted molar refractivity (Wildman–Crippen MR) is 115 cm³/mol. The molecule has 1 saturated heterocycles. The van der Waals surface area contributed by atoms with E-state index in [1.807, 2.05) is 17.0 Å². The van der Waals surface area contributed by atoms with Gasteiger partial charge in [-0.3, -0.25) is 4.79 Å². The van der Waals surface area contributed by atoms with Gasteiger partial charge in [0.2, 0.25) is 5.91 Å². The Hall–Kier alpha value is -2.64. The molecule has 0 bridgehead atoms. The Labute approximate surface area is 184 Å². The molecule has 0 aliphatic carbocycles. The maximum Gasteiger partial charge on any atom is 0.322 e. The summed E-state index contributed by atoms with van der Waals surface area (Å²) in [6.07, 6.45) is 0.727. The first-order chi connectivity index (χ1) is 14.4. The van der Waals surface area contributed by atoms with Crippen molar-refractivity contribution in [2.24, 2.45) is 0 Å². The van der Waals surface area contributed by atoms with E-state index in [4.69, 9.17) is 32.7 Å². The third-order valence-corrected chi connectivity index (χ3v) is 6.05. The summed E-state index contributed by atoms with van der Waals surface area (Å²) in [7, 11) is 3.17. The van der Waals surface area contributed by atoms with Gasteiger partial charge >= 0.3 is 6.03 Å². The zero-order chi connectivity index (χ0) is 21.4. The lowest BCUT2D eigenvalue weighted by molar-refractivity contribution is -0.139. The number of rotatable bonds is 3. The third kappa shape index (κ3) is 3.75. The first-order valence-electron chi connectivity index (χ1n) is 9.46. The molecule has 0 radical (unpaired) electrons. The quantitative estimate of drug-likeness (QED) is 0.768. The maximum atomic E-state index is 12.9. The van der Waals surface area contributed by atoms with Crippen LogP contribution in [-0.4, -0.2) is 55.6 Å². The lowest BCUT2D eigenvalue weighted by Crippen LogP contribution is -2.56. The van der Waals surface area contributed by atoms with Gasteiger partial charge in [-0.2, -0.15) is 0 Å². The fourth-order valence-corrected chi connectivity index (χ4v) is 4.45. The zero-order valence-corrected chi connectivity index (χ0v) is 18.1. The molecule has 3 amide bonds. The Morgan fingerprint density at radius 1 is 1.13 bits per heavy atom. The number of fused-ring (bicyclic) bond motifs is 3. The van der Waals surface area contributed by atoms with E-state index >= 15 is 0 Å². The molecule has 7 nitrogen and oxygen atoms in total. The van der Waals surface area contributed by atoms with Crippen LogP contribution in [0.15, 0.2) is 30.3 Å². The molecule has 9 heteroatoms. The van der Waals surface area contributed by atoms with Gasteiger partial charge in [-0.25, -0.2) is 4.79 Å². The highest BCUT2D eigenvalue weighted by Gasteiger charge is 2.39. The highest BCUT2D eigenvalue weighted by molar-refractivity contribution is 6.36. The monoisotopic (exact) mass is 449 g/mol. The summed E-state index contributed by atoms with van der Waals surface area (Å²) in [6, 6.07) is 8.04.